The molecule has 0 aromatic heterocycles. The predicted molar refractivity (Wildman–Crippen MR) is 70.2 cm³/mol. The Labute approximate surface area is 120 Å². The van der Waals surface area contributed by atoms with Crippen LogP contribution in [0.25, 0.3) is 0 Å². The van der Waals surface area contributed by atoms with Crippen molar-refractivity contribution in [1.82, 2.24) is 4.72 Å². The highest BCUT2D eigenvalue weighted by Crippen LogP contribution is 2.23. The van der Waals surface area contributed by atoms with Gasteiger partial charge in [-0.1, -0.05) is 11.6 Å². The van der Waals surface area contributed by atoms with E-state index in [0.717, 1.165) is 20.1 Å². The molecule has 7 nitrogen and oxygen atoms in total. The van der Waals surface area contributed by atoms with Gasteiger partial charge < -0.3 is 9.84 Å². The van der Waals surface area contributed by atoms with Gasteiger partial charge in [-0.05, 0) is 25.1 Å². The van der Waals surface area contributed by atoms with E-state index in [9.17, 15) is 18.0 Å². The third kappa shape index (κ3) is 3.69. The molecule has 0 radical (unpaired) electrons. The Morgan fingerprint density at radius 1 is 1.40 bits per heavy atom. The number of sulfonamides is 1. The maximum Gasteiger partial charge on any atom is 0.337 e. The molecule has 1 atom stereocenters. The zero-order valence-electron chi connectivity index (χ0n) is 10.6. The first kappa shape index (κ1) is 16.4. The first-order valence-electron chi connectivity index (χ1n) is 5.32. The summed E-state index contributed by atoms with van der Waals surface area (Å²) in [7, 11) is -3.02. The van der Waals surface area contributed by atoms with Crippen molar-refractivity contribution < 1.29 is 27.9 Å². The average Bonchev–Trinajstić information content (AvgIpc) is 2.37. The van der Waals surface area contributed by atoms with Gasteiger partial charge in [0, 0.05) is 0 Å². The number of halogens is 1. The van der Waals surface area contributed by atoms with E-state index < -0.39 is 32.9 Å². The summed E-state index contributed by atoms with van der Waals surface area (Å²) in [4.78, 5) is 21.6. The number of ether oxygens (including phenoxy) is 1. The summed E-state index contributed by atoms with van der Waals surface area (Å²) in [5, 5.41) is 8.57. The summed E-state index contributed by atoms with van der Waals surface area (Å²) >= 11 is 5.77. The van der Waals surface area contributed by atoms with Gasteiger partial charge in [-0.3, -0.25) is 4.79 Å². The third-order valence-electron chi connectivity index (χ3n) is 2.34. The Morgan fingerprint density at radius 2 is 2.00 bits per heavy atom. The summed E-state index contributed by atoms with van der Waals surface area (Å²) in [5.74, 6) is -2.07. The Kier molecular flexibility index (Phi) is 5.09. The normalized spacial score (nSPS) is 12.8. The molecule has 1 aromatic carbocycles. The largest absolute Gasteiger partial charge is 0.480 e. The molecule has 1 rings (SSSR count). The van der Waals surface area contributed by atoms with E-state index >= 15 is 0 Å². The molecule has 0 unspecified atom stereocenters. The number of carbonyl (C=O) groups is 2. The van der Waals surface area contributed by atoms with Crippen molar-refractivity contribution >= 4 is 33.6 Å². The fourth-order valence-electron chi connectivity index (χ4n) is 1.30. The summed E-state index contributed by atoms with van der Waals surface area (Å²) < 4.78 is 30.4. The molecule has 20 heavy (non-hydrogen) atoms. The number of aliphatic carboxylic acids is 1. The van der Waals surface area contributed by atoms with Crippen molar-refractivity contribution in [1.29, 1.82) is 0 Å². The summed E-state index contributed by atoms with van der Waals surface area (Å²) in [5.41, 5.74) is -0.0137. The second kappa shape index (κ2) is 6.21. The summed E-state index contributed by atoms with van der Waals surface area (Å²) in [6, 6.07) is 2.20. The number of methoxy groups -OCH3 is 1. The Balaban J connectivity index is 3.24. The van der Waals surface area contributed by atoms with E-state index in [4.69, 9.17) is 16.7 Å². The number of esters is 1. The minimum absolute atomic E-state index is 0.0137. The Morgan fingerprint density at radius 3 is 2.50 bits per heavy atom. The molecule has 0 amide bonds. The van der Waals surface area contributed by atoms with E-state index in [1.54, 1.807) is 0 Å². The van der Waals surface area contributed by atoms with Crippen LogP contribution in [0.2, 0.25) is 5.02 Å². The van der Waals surface area contributed by atoms with Crippen molar-refractivity contribution in [3.8, 4) is 0 Å². The maximum atomic E-state index is 12.0. The van der Waals surface area contributed by atoms with Crippen molar-refractivity contribution in [2.75, 3.05) is 7.11 Å². The number of rotatable bonds is 5. The molecule has 0 heterocycles. The fourth-order valence-corrected chi connectivity index (χ4v) is 3.02. The van der Waals surface area contributed by atoms with Crippen LogP contribution in [0.4, 0.5) is 0 Å². The zero-order valence-corrected chi connectivity index (χ0v) is 12.2. The van der Waals surface area contributed by atoms with Gasteiger partial charge in [0.1, 0.15) is 10.9 Å². The first-order chi connectivity index (χ1) is 9.19. The number of benzene rings is 1. The van der Waals surface area contributed by atoms with E-state index in [-0.39, 0.29) is 10.6 Å². The predicted octanol–water partition coefficient (Wildman–Crippen LogP) is 0.878. The van der Waals surface area contributed by atoms with Gasteiger partial charge in [-0.2, -0.15) is 4.72 Å². The topological polar surface area (TPSA) is 110 Å². The summed E-state index contributed by atoms with van der Waals surface area (Å²) in [6.07, 6.45) is 0. The Bertz CT molecular complexity index is 642. The van der Waals surface area contributed by atoms with Gasteiger partial charge >= 0.3 is 11.9 Å². The molecule has 9 heteroatoms. The van der Waals surface area contributed by atoms with Gasteiger partial charge in [-0.15, -0.1) is 0 Å². The lowest BCUT2D eigenvalue weighted by atomic mass is 10.2. The fraction of sp³-hybridized carbons (Fsp3) is 0.273. The number of hydrogen-bond donors (Lipinski definition) is 2. The van der Waals surface area contributed by atoms with Crippen LogP contribution in [0, 0.1) is 0 Å². The molecule has 110 valence electrons. The third-order valence-corrected chi connectivity index (χ3v) is 4.37. The van der Waals surface area contributed by atoms with Crippen LogP contribution in [0.1, 0.15) is 17.3 Å². The van der Waals surface area contributed by atoms with E-state index in [1.807, 2.05) is 4.72 Å². The second-order valence-electron chi connectivity index (χ2n) is 3.82. The van der Waals surface area contributed by atoms with Crippen LogP contribution in [0.3, 0.4) is 0 Å². The highest BCUT2D eigenvalue weighted by Gasteiger charge is 2.25. The number of nitrogens with one attached hydrogen (secondary N) is 1. The van der Waals surface area contributed by atoms with Gasteiger partial charge in [0.05, 0.1) is 17.7 Å². The maximum absolute atomic E-state index is 12.0. The van der Waals surface area contributed by atoms with Crippen LogP contribution in [0.5, 0.6) is 0 Å². The van der Waals surface area contributed by atoms with Crippen LogP contribution in [0.15, 0.2) is 23.1 Å². The van der Waals surface area contributed by atoms with Gasteiger partial charge in [0.2, 0.25) is 10.0 Å². The monoisotopic (exact) mass is 321 g/mol. The molecule has 2 N–H and O–H groups in total. The lowest BCUT2D eigenvalue weighted by molar-refractivity contribution is -0.138. The van der Waals surface area contributed by atoms with Crippen LogP contribution in [-0.2, 0) is 19.6 Å². The molecule has 0 saturated carbocycles. The molecular formula is C11H12ClNO6S. The van der Waals surface area contributed by atoms with Crippen molar-refractivity contribution in [2.24, 2.45) is 0 Å². The average molecular weight is 322 g/mol. The van der Waals surface area contributed by atoms with Crippen LogP contribution in [-0.4, -0.2) is 38.6 Å². The minimum Gasteiger partial charge on any atom is -0.480 e. The first-order valence-corrected chi connectivity index (χ1v) is 7.18. The molecule has 0 saturated heterocycles. The van der Waals surface area contributed by atoms with Gasteiger partial charge in [-0.25, -0.2) is 13.2 Å². The number of carbonyl (C=O) groups excluding carboxylic acids is 1. The second-order valence-corrected chi connectivity index (χ2v) is 5.91. The highest BCUT2D eigenvalue weighted by molar-refractivity contribution is 7.89. The van der Waals surface area contributed by atoms with Crippen LogP contribution < -0.4 is 4.72 Å². The molecular weight excluding hydrogens is 310 g/mol. The molecule has 0 aliphatic heterocycles. The Hall–Kier alpha value is -1.64. The SMILES string of the molecule is COC(=O)c1ccc(Cl)c(S(=O)(=O)N[C@H](C)C(=O)O)c1. The molecule has 0 fully saturated rings. The molecule has 0 aliphatic rings. The number of carboxylic acid groups (broad SMARTS) is 1. The van der Waals surface area contributed by atoms with Crippen LogP contribution >= 0.6 is 11.6 Å². The van der Waals surface area contributed by atoms with Gasteiger partial charge in [0.25, 0.3) is 0 Å². The van der Waals surface area contributed by atoms with Crippen molar-refractivity contribution in [3.63, 3.8) is 0 Å². The molecule has 1 aromatic rings. The number of hydrogen-bond acceptors (Lipinski definition) is 5. The highest BCUT2D eigenvalue weighted by atomic mass is 35.5. The van der Waals surface area contributed by atoms with E-state index in [2.05, 4.69) is 4.74 Å². The molecule has 0 spiro atoms. The lowest BCUT2D eigenvalue weighted by Gasteiger charge is -2.12. The minimum atomic E-state index is -4.17. The standard InChI is InChI=1S/C11H12ClNO6S/c1-6(10(14)15)13-20(17,18)9-5-7(11(16)19-2)3-4-8(9)12/h3-6,13H,1-2H3,(H,14,15)/t6-/m1/s1. The molecule has 0 bridgehead atoms. The van der Waals surface area contributed by atoms with Crippen molar-refractivity contribution in [2.45, 2.75) is 17.9 Å². The molecule has 0 aliphatic carbocycles. The number of carboxylic acids is 1. The zero-order chi connectivity index (χ0) is 15.5. The van der Waals surface area contributed by atoms with E-state index in [0.29, 0.717) is 0 Å². The summed E-state index contributed by atoms with van der Waals surface area (Å²) in [6.45, 7) is 1.16. The van der Waals surface area contributed by atoms with E-state index in [1.165, 1.54) is 12.1 Å². The lowest BCUT2D eigenvalue weighted by Crippen LogP contribution is -2.38. The quantitative estimate of drug-likeness (QED) is 0.779. The van der Waals surface area contributed by atoms with Gasteiger partial charge in [0.15, 0.2) is 0 Å². The smallest absolute Gasteiger partial charge is 0.337 e. The van der Waals surface area contributed by atoms with Crippen molar-refractivity contribution in [3.05, 3.63) is 28.8 Å².